The summed E-state index contributed by atoms with van der Waals surface area (Å²) in [6.45, 7) is 7.17. The first-order chi connectivity index (χ1) is 10.4. The lowest BCUT2D eigenvalue weighted by Gasteiger charge is -2.59. The first-order valence-corrected chi connectivity index (χ1v) is 9.28. The molecule has 4 rings (SSSR count). The van der Waals surface area contributed by atoms with Crippen molar-refractivity contribution in [2.75, 3.05) is 0 Å². The van der Waals surface area contributed by atoms with E-state index in [4.69, 9.17) is 0 Å². The molecular weight excluding hydrogens is 272 g/mol. The zero-order valence-electron chi connectivity index (χ0n) is 14.3. The highest BCUT2D eigenvalue weighted by molar-refractivity contribution is 5.91. The van der Waals surface area contributed by atoms with Crippen LogP contribution in [0.25, 0.3) is 0 Å². The fourth-order valence-electron chi connectivity index (χ4n) is 6.88. The van der Waals surface area contributed by atoms with Gasteiger partial charge < -0.3 is 5.11 Å². The smallest absolute Gasteiger partial charge is 0.155 e. The molecule has 22 heavy (non-hydrogen) atoms. The second kappa shape index (κ2) is 4.69. The van der Waals surface area contributed by atoms with Gasteiger partial charge in [0.2, 0.25) is 0 Å². The largest absolute Gasteiger partial charge is 0.393 e. The average molecular weight is 302 g/mol. The highest BCUT2D eigenvalue weighted by Gasteiger charge is 2.60. The van der Waals surface area contributed by atoms with Crippen molar-refractivity contribution in [3.8, 4) is 0 Å². The van der Waals surface area contributed by atoms with Crippen LogP contribution in [-0.2, 0) is 4.79 Å². The van der Waals surface area contributed by atoms with Crippen molar-refractivity contribution in [1.82, 2.24) is 0 Å². The molecule has 0 bridgehead atoms. The molecule has 0 aliphatic heterocycles. The van der Waals surface area contributed by atoms with E-state index in [0.29, 0.717) is 17.6 Å². The summed E-state index contributed by atoms with van der Waals surface area (Å²) in [7, 11) is 0. The lowest BCUT2D eigenvalue weighted by molar-refractivity contribution is -0.119. The number of fused-ring (bicyclic) bond motifs is 5. The Morgan fingerprint density at radius 3 is 2.68 bits per heavy atom. The molecule has 0 heterocycles. The molecule has 0 spiro atoms. The monoisotopic (exact) mass is 302 g/mol. The SMILES string of the molecule is CC1CC2=CC(=O)CC[C@]2(C)[C@H]2CC[C@]3(C)C(O)CC[C@H]3[C@H]12. The maximum Gasteiger partial charge on any atom is 0.155 e. The third-order valence-electron chi connectivity index (χ3n) is 8.26. The van der Waals surface area contributed by atoms with E-state index >= 15 is 0 Å². The van der Waals surface area contributed by atoms with E-state index in [2.05, 4.69) is 20.8 Å². The fourth-order valence-corrected chi connectivity index (χ4v) is 6.88. The van der Waals surface area contributed by atoms with E-state index in [9.17, 15) is 9.90 Å². The molecule has 2 nitrogen and oxygen atoms in total. The summed E-state index contributed by atoms with van der Waals surface area (Å²) < 4.78 is 0. The summed E-state index contributed by atoms with van der Waals surface area (Å²) in [6.07, 6.45) is 9.40. The van der Waals surface area contributed by atoms with Gasteiger partial charge in [-0.3, -0.25) is 4.79 Å². The van der Waals surface area contributed by atoms with Gasteiger partial charge in [-0.1, -0.05) is 26.3 Å². The summed E-state index contributed by atoms with van der Waals surface area (Å²) in [4.78, 5) is 11.9. The Bertz CT molecular complexity index is 536. The molecule has 0 radical (unpaired) electrons. The molecule has 4 aliphatic carbocycles. The summed E-state index contributed by atoms with van der Waals surface area (Å²) in [5.41, 5.74) is 1.84. The molecule has 4 aliphatic rings. The van der Waals surface area contributed by atoms with Gasteiger partial charge >= 0.3 is 0 Å². The van der Waals surface area contributed by atoms with Gasteiger partial charge in [0.15, 0.2) is 5.78 Å². The first-order valence-electron chi connectivity index (χ1n) is 9.28. The van der Waals surface area contributed by atoms with Crippen LogP contribution in [0.2, 0.25) is 0 Å². The molecule has 0 amide bonds. The maximum absolute atomic E-state index is 11.9. The van der Waals surface area contributed by atoms with E-state index in [0.717, 1.165) is 37.5 Å². The number of carbonyl (C=O) groups is 1. The second-order valence-electron chi connectivity index (χ2n) is 9.16. The predicted octanol–water partition coefficient (Wildman–Crippen LogP) is 4.13. The fraction of sp³-hybridized carbons (Fsp3) is 0.850. The number of rotatable bonds is 0. The normalized spacial score (nSPS) is 54.3. The Morgan fingerprint density at radius 1 is 1.14 bits per heavy atom. The molecule has 3 fully saturated rings. The van der Waals surface area contributed by atoms with Crippen molar-refractivity contribution in [3.63, 3.8) is 0 Å². The highest BCUT2D eigenvalue weighted by atomic mass is 16.3. The highest BCUT2D eigenvalue weighted by Crippen LogP contribution is 2.66. The lowest BCUT2D eigenvalue weighted by Crippen LogP contribution is -2.53. The van der Waals surface area contributed by atoms with Gasteiger partial charge in [-0.2, -0.15) is 0 Å². The van der Waals surface area contributed by atoms with Gasteiger partial charge in [0.1, 0.15) is 0 Å². The summed E-state index contributed by atoms with van der Waals surface area (Å²) in [6, 6.07) is 0. The minimum Gasteiger partial charge on any atom is -0.393 e. The molecule has 0 aromatic carbocycles. The molecule has 2 heteroatoms. The van der Waals surface area contributed by atoms with Crippen LogP contribution in [0.5, 0.6) is 0 Å². The topological polar surface area (TPSA) is 37.3 Å². The van der Waals surface area contributed by atoms with Gasteiger partial charge in [-0.05, 0) is 79.1 Å². The van der Waals surface area contributed by atoms with E-state index in [1.807, 2.05) is 6.08 Å². The van der Waals surface area contributed by atoms with E-state index in [1.54, 1.807) is 0 Å². The minimum absolute atomic E-state index is 0.0941. The van der Waals surface area contributed by atoms with Crippen molar-refractivity contribution in [2.45, 2.75) is 71.8 Å². The van der Waals surface area contributed by atoms with Crippen LogP contribution in [0.1, 0.15) is 65.7 Å². The van der Waals surface area contributed by atoms with Crippen molar-refractivity contribution in [2.24, 2.45) is 34.5 Å². The standard InChI is InChI=1S/C20H30O2/c1-12-10-13-11-14(21)6-8-19(13,2)16-7-9-20(3)15(18(12)16)4-5-17(20)22/h11-12,15-18,22H,4-10H2,1-3H3/t12?,15-,16-,17?,18-,19-,20-/m0/s1. The van der Waals surface area contributed by atoms with Crippen LogP contribution < -0.4 is 0 Å². The minimum atomic E-state index is -0.0941. The number of ketones is 1. The average Bonchev–Trinajstić information content (AvgIpc) is 2.77. The van der Waals surface area contributed by atoms with E-state index in [-0.39, 0.29) is 16.9 Å². The summed E-state index contributed by atoms with van der Waals surface area (Å²) in [5.74, 6) is 3.15. The number of allylic oxidation sites excluding steroid dienone is 1. The Hall–Kier alpha value is -0.630. The van der Waals surface area contributed by atoms with Crippen LogP contribution in [0.4, 0.5) is 0 Å². The number of carbonyl (C=O) groups excluding carboxylic acids is 1. The third kappa shape index (κ3) is 1.79. The Kier molecular flexibility index (Phi) is 3.18. The van der Waals surface area contributed by atoms with Gasteiger partial charge in [0.05, 0.1) is 6.10 Å². The molecule has 2 unspecified atom stereocenters. The van der Waals surface area contributed by atoms with Gasteiger partial charge in [0.25, 0.3) is 0 Å². The summed E-state index contributed by atoms with van der Waals surface area (Å²) >= 11 is 0. The Morgan fingerprint density at radius 2 is 1.91 bits per heavy atom. The van der Waals surface area contributed by atoms with Crippen LogP contribution in [0.15, 0.2) is 11.6 Å². The molecule has 1 N–H and O–H groups in total. The van der Waals surface area contributed by atoms with E-state index in [1.165, 1.54) is 24.8 Å². The van der Waals surface area contributed by atoms with Gasteiger partial charge in [0, 0.05) is 6.42 Å². The first kappa shape index (κ1) is 14.9. The van der Waals surface area contributed by atoms with Crippen molar-refractivity contribution >= 4 is 5.78 Å². The van der Waals surface area contributed by atoms with Crippen LogP contribution in [0.3, 0.4) is 0 Å². The Labute approximate surface area is 134 Å². The molecule has 0 aromatic heterocycles. The van der Waals surface area contributed by atoms with Crippen LogP contribution in [-0.4, -0.2) is 17.0 Å². The zero-order valence-corrected chi connectivity index (χ0v) is 14.3. The third-order valence-corrected chi connectivity index (χ3v) is 8.26. The number of hydrogen-bond acceptors (Lipinski definition) is 2. The van der Waals surface area contributed by atoms with Crippen LogP contribution in [0, 0.1) is 34.5 Å². The molecular formula is C20H30O2. The number of aliphatic hydroxyl groups excluding tert-OH is 1. The zero-order chi connectivity index (χ0) is 15.7. The number of aliphatic hydroxyl groups is 1. The molecule has 7 atom stereocenters. The molecule has 0 saturated heterocycles. The van der Waals surface area contributed by atoms with Crippen molar-refractivity contribution in [3.05, 3.63) is 11.6 Å². The quantitative estimate of drug-likeness (QED) is 0.730. The lowest BCUT2D eigenvalue weighted by atomic mass is 9.45. The summed E-state index contributed by atoms with van der Waals surface area (Å²) in [5, 5.41) is 10.5. The van der Waals surface area contributed by atoms with Crippen molar-refractivity contribution in [1.29, 1.82) is 0 Å². The Balaban J connectivity index is 1.74. The molecule has 0 aromatic rings. The predicted molar refractivity (Wildman–Crippen MR) is 87.3 cm³/mol. The van der Waals surface area contributed by atoms with Gasteiger partial charge in [-0.25, -0.2) is 0 Å². The van der Waals surface area contributed by atoms with Crippen LogP contribution >= 0.6 is 0 Å². The maximum atomic E-state index is 11.9. The van der Waals surface area contributed by atoms with Gasteiger partial charge in [-0.15, -0.1) is 0 Å². The molecule has 122 valence electrons. The van der Waals surface area contributed by atoms with E-state index < -0.39 is 0 Å². The molecule has 3 saturated carbocycles. The van der Waals surface area contributed by atoms with Crippen molar-refractivity contribution < 1.29 is 9.90 Å². The number of hydrogen-bond donors (Lipinski definition) is 1. The second-order valence-corrected chi connectivity index (χ2v) is 9.16.